The van der Waals surface area contributed by atoms with Crippen molar-refractivity contribution in [2.24, 2.45) is 5.11 Å². The highest BCUT2D eigenvalue weighted by Gasteiger charge is 2.36. The van der Waals surface area contributed by atoms with Crippen molar-refractivity contribution in [1.82, 2.24) is 9.55 Å². The highest BCUT2D eigenvalue weighted by molar-refractivity contribution is 5.02. The molecule has 2 heterocycles. The third-order valence-corrected chi connectivity index (χ3v) is 3.19. The first-order valence-corrected chi connectivity index (χ1v) is 6.07. The van der Waals surface area contributed by atoms with E-state index < -0.39 is 29.6 Å². The van der Waals surface area contributed by atoms with Crippen molar-refractivity contribution >= 4 is 0 Å². The lowest BCUT2D eigenvalue weighted by molar-refractivity contribution is -0.0361. The van der Waals surface area contributed by atoms with Crippen molar-refractivity contribution in [2.45, 2.75) is 31.7 Å². The number of aromatic nitrogens is 2. The number of rotatable bonds is 4. The fourth-order valence-corrected chi connectivity index (χ4v) is 2.19. The smallest absolute Gasteiger partial charge is 0.330 e. The molecule has 0 saturated carbocycles. The van der Waals surface area contributed by atoms with Gasteiger partial charge in [0.25, 0.3) is 5.56 Å². The van der Waals surface area contributed by atoms with Crippen LogP contribution in [0.2, 0.25) is 0 Å². The summed E-state index contributed by atoms with van der Waals surface area (Å²) in [7, 11) is 1.51. The number of ether oxygens (including phenoxy) is 2. The third-order valence-electron chi connectivity index (χ3n) is 3.19. The number of hydrogen-bond acceptors (Lipinski definition) is 5. The van der Waals surface area contributed by atoms with Gasteiger partial charge in [0.05, 0.1) is 18.8 Å². The summed E-state index contributed by atoms with van der Waals surface area (Å²) < 4.78 is 12.0. The number of aryl methyl sites for hydroxylation is 1. The van der Waals surface area contributed by atoms with Gasteiger partial charge in [0.1, 0.15) is 6.23 Å². The lowest BCUT2D eigenvalue weighted by Gasteiger charge is -2.15. The van der Waals surface area contributed by atoms with Gasteiger partial charge >= 0.3 is 5.69 Å². The largest absolute Gasteiger partial charge is 0.382 e. The lowest BCUT2D eigenvalue weighted by atomic mass is 10.1. The molecule has 1 fully saturated rings. The lowest BCUT2D eigenvalue weighted by Crippen LogP contribution is -2.33. The van der Waals surface area contributed by atoms with Gasteiger partial charge in [-0.1, -0.05) is 5.11 Å². The Hall–Kier alpha value is -2.09. The van der Waals surface area contributed by atoms with Crippen LogP contribution in [0.4, 0.5) is 0 Å². The van der Waals surface area contributed by atoms with Crippen molar-refractivity contribution in [2.75, 3.05) is 13.7 Å². The number of H-pyrrole nitrogens is 1. The Morgan fingerprint density at radius 1 is 1.65 bits per heavy atom. The number of nitrogens with zero attached hydrogens (tertiary/aromatic N) is 4. The first kappa shape index (κ1) is 14.3. The molecule has 1 saturated heterocycles. The molecule has 1 aromatic heterocycles. The Morgan fingerprint density at radius 3 is 3.05 bits per heavy atom. The molecule has 0 amide bonds. The molecule has 1 aromatic rings. The second-order valence-electron chi connectivity index (χ2n) is 4.57. The molecule has 0 bridgehead atoms. The monoisotopic (exact) mass is 281 g/mol. The van der Waals surface area contributed by atoms with Crippen molar-refractivity contribution in [3.63, 3.8) is 0 Å². The second kappa shape index (κ2) is 5.91. The molecular formula is C11H15N5O4. The van der Waals surface area contributed by atoms with Crippen LogP contribution >= 0.6 is 0 Å². The van der Waals surface area contributed by atoms with E-state index in [4.69, 9.17) is 15.0 Å². The molecule has 3 atom stereocenters. The van der Waals surface area contributed by atoms with Gasteiger partial charge < -0.3 is 9.47 Å². The van der Waals surface area contributed by atoms with Crippen molar-refractivity contribution in [1.29, 1.82) is 0 Å². The van der Waals surface area contributed by atoms with Gasteiger partial charge in [-0.2, -0.15) is 0 Å². The molecule has 0 aliphatic carbocycles. The molecule has 20 heavy (non-hydrogen) atoms. The molecular weight excluding hydrogens is 266 g/mol. The van der Waals surface area contributed by atoms with Gasteiger partial charge in [-0.15, -0.1) is 0 Å². The number of aromatic amines is 1. The van der Waals surface area contributed by atoms with Crippen LogP contribution < -0.4 is 11.2 Å². The van der Waals surface area contributed by atoms with E-state index in [9.17, 15) is 9.59 Å². The number of azide groups is 1. The van der Waals surface area contributed by atoms with Crippen LogP contribution in [0.25, 0.3) is 10.4 Å². The summed E-state index contributed by atoms with van der Waals surface area (Å²) in [6.45, 7) is 1.86. The molecule has 108 valence electrons. The Bertz CT molecular complexity index is 645. The average Bonchev–Trinajstić information content (AvgIpc) is 2.78. The Labute approximate surface area is 113 Å². The second-order valence-corrected chi connectivity index (χ2v) is 4.57. The van der Waals surface area contributed by atoms with E-state index in [0.717, 1.165) is 0 Å². The van der Waals surface area contributed by atoms with E-state index in [-0.39, 0.29) is 6.61 Å². The first-order chi connectivity index (χ1) is 9.56. The Morgan fingerprint density at radius 2 is 2.40 bits per heavy atom. The van der Waals surface area contributed by atoms with E-state index in [1.54, 1.807) is 6.92 Å². The molecule has 9 heteroatoms. The summed E-state index contributed by atoms with van der Waals surface area (Å²) >= 11 is 0. The van der Waals surface area contributed by atoms with Crippen LogP contribution in [0.15, 0.2) is 20.9 Å². The van der Waals surface area contributed by atoms with E-state index in [0.29, 0.717) is 12.0 Å². The van der Waals surface area contributed by atoms with E-state index in [1.165, 1.54) is 17.9 Å². The fraction of sp³-hybridized carbons (Fsp3) is 0.636. The highest BCUT2D eigenvalue weighted by atomic mass is 16.5. The SMILES string of the molecule is COC[C@H]1O[C@@H](n2cc(C)c(=O)[nH]c2=O)CC1N=[N+]=[N-]. The van der Waals surface area contributed by atoms with Gasteiger partial charge in [-0.05, 0) is 12.5 Å². The minimum Gasteiger partial charge on any atom is -0.382 e. The Balaban J connectivity index is 2.31. The minimum absolute atomic E-state index is 0.261. The van der Waals surface area contributed by atoms with Crippen LogP contribution in [0.5, 0.6) is 0 Å². The van der Waals surface area contributed by atoms with Gasteiger partial charge in [0.15, 0.2) is 0 Å². The van der Waals surface area contributed by atoms with Gasteiger partial charge in [0, 0.05) is 30.2 Å². The summed E-state index contributed by atoms with van der Waals surface area (Å²) in [5.74, 6) is 0. The summed E-state index contributed by atoms with van der Waals surface area (Å²) in [6.07, 6.45) is 0.784. The molecule has 1 N–H and O–H groups in total. The van der Waals surface area contributed by atoms with Crippen molar-refractivity contribution in [3.8, 4) is 0 Å². The van der Waals surface area contributed by atoms with Crippen molar-refractivity contribution in [3.05, 3.63) is 43.0 Å². The van der Waals surface area contributed by atoms with Crippen molar-refractivity contribution < 1.29 is 9.47 Å². The molecule has 0 radical (unpaired) electrons. The van der Waals surface area contributed by atoms with Gasteiger partial charge in [-0.3, -0.25) is 14.3 Å². The number of methoxy groups -OCH3 is 1. The quantitative estimate of drug-likeness (QED) is 0.489. The summed E-state index contributed by atoms with van der Waals surface area (Å²) in [4.78, 5) is 28.1. The zero-order chi connectivity index (χ0) is 14.7. The maximum atomic E-state index is 11.8. The van der Waals surface area contributed by atoms with Crippen LogP contribution in [0.1, 0.15) is 18.2 Å². The highest BCUT2D eigenvalue weighted by Crippen LogP contribution is 2.30. The molecule has 0 aromatic carbocycles. The predicted octanol–water partition coefficient (Wildman–Crippen LogP) is 0.458. The molecule has 0 spiro atoms. The molecule has 2 rings (SSSR count). The van der Waals surface area contributed by atoms with Crippen LogP contribution in [0, 0.1) is 6.92 Å². The standard InChI is InChI=1S/C11H15N5O4/c1-6-4-16(11(18)13-10(6)17)9-3-7(14-15-12)8(20-9)5-19-2/h4,7-9H,3,5H2,1-2H3,(H,13,17,18)/t7?,8-,9-/m1/s1. The molecule has 1 unspecified atom stereocenters. The molecule has 9 nitrogen and oxygen atoms in total. The number of nitrogens with one attached hydrogen (secondary N) is 1. The summed E-state index contributed by atoms with van der Waals surface area (Å²) in [5.41, 5.74) is 7.98. The normalized spacial score (nSPS) is 25.4. The fourth-order valence-electron chi connectivity index (χ4n) is 2.19. The first-order valence-electron chi connectivity index (χ1n) is 6.07. The Kier molecular flexibility index (Phi) is 4.23. The molecule has 1 aliphatic heterocycles. The van der Waals surface area contributed by atoms with Crippen LogP contribution in [-0.4, -0.2) is 35.4 Å². The maximum Gasteiger partial charge on any atom is 0.330 e. The zero-order valence-electron chi connectivity index (χ0n) is 11.1. The third kappa shape index (κ3) is 2.74. The summed E-state index contributed by atoms with van der Waals surface area (Å²) in [6, 6.07) is -0.413. The average molecular weight is 281 g/mol. The van der Waals surface area contributed by atoms with Gasteiger partial charge in [0.2, 0.25) is 0 Å². The number of hydrogen-bond donors (Lipinski definition) is 1. The predicted molar refractivity (Wildman–Crippen MR) is 69.4 cm³/mol. The minimum atomic E-state index is -0.589. The van der Waals surface area contributed by atoms with E-state index in [1.807, 2.05) is 0 Å². The zero-order valence-corrected chi connectivity index (χ0v) is 11.1. The maximum absolute atomic E-state index is 11.8. The molecule has 1 aliphatic rings. The summed E-state index contributed by atoms with van der Waals surface area (Å²) in [5, 5.41) is 3.66. The topological polar surface area (TPSA) is 122 Å². The van der Waals surface area contributed by atoms with E-state index >= 15 is 0 Å². The van der Waals surface area contributed by atoms with Gasteiger partial charge in [-0.25, -0.2) is 4.79 Å². The van der Waals surface area contributed by atoms with Crippen LogP contribution in [-0.2, 0) is 9.47 Å². The van der Waals surface area contributed by atoms with Crippen LogP contribution in [0.3, 0.4) is 0 Å². The van der Waals surface area contributed by atoms with E-state index in [2.05, 4.69) is 15.0 Å².